The summed E-state index contributed by atoms with van der Waals surface area (Å²) >= 11 is 0. The molecule has 2 N–H and O–H groups in total. The maximum Gasteiger partial charge on any atom is 0.161 e. The van der Waals surface area contributed by atoms with Gasteiger partial charge in [-0.25, -0.2) is 0 Å². The van der Waals surface area contributed by atoms with E-state index in [9.17, 15) is 0 Å². The minimum Gasteiger partial charge on any atom is -0.493 e. The van der Waals surface area contributed by atoms with Gasteiger partial charge >= 0.3 is 0 Å². The zero-order chi connectivity index (χ0) is 11.5. The van der Waals surface area contributed by atoms with Gasteiger partial charge in [0.2, 0.25) is 0 Å². The number of nitrogens with two attached hydrogens (primary N) is 1. The lowest BCUT2D eigenvalue weighted by atomic mass is 9.97. The Bertz CT molecular complexity index is 382. The van der Waals surface area contributed by atoms with Crippen molar-refractivity contribution < 1.29 is 9.47 Å². The molecule has 2 rings (SSSR count). The normalized spacial score (nSPS) is 17.2. The van der Waals surface area contributed by atoms with Crippen molar-refractivity contribution in [2.45, 2.75) is 25.2 Å². The molecule has 17 heavy (non-hydrogen) atoms. The first-order valence-electron chi connectivity index (χ1n) is 5.75. The number of methoxy groups -OCH3 is 2. The van der Waals surface area contributed by atoms with E-state index in [1.807, 2.05) is 0 Å². The zero-order valence-corrected chi connectivity index (χ0v) is 11.2. The largest absolute Gasteiger partial charge is 0.493 e. The monoisotopic (exact) mass is 257 g/mol. The highest BCUT2D eigenvalue weighted by molar-refractivity contribution is 5.85. The fourth-order valence-electron chi connectivity index (χ4n) is 2.52. The Kier molecular flexibility index (Phi) is 5.09. The molecule has 1 aliphatic rings. The first kappa shape index (κ1) is 14.1. The van der Waals surface area contributed by atoms with Gasteiger partial charge in [-0.3, -0.25) is 0 Å². The molecule has 0 radical (unpaired) electrons. The molecule has 1 unspecified atom stereocenters. The first-order chi connectivity index (χ1) is 7.80. The molecule has 0 fully saturated rings. The Hall–Kier alpha value is -0.930. The number of halogens is 1. The minimum atomic E-state index is 0. The van der Waals surface area contributed by atoms with Crippen LogP contribution in [0.15, 0.2) is 12.1 Å². The smallest absolute Gasteiger partial charge is 0.161 e. The summed E-state index contributed by atoms with van der Waals surface area (Å²) in [6, 6.07) is 4.21. The molecule has 0 amide bonds. The zero-order valence-electron chi connectivity index (χ0n) is 10.4. The molecular weight excluding hydrogens is 238 g/mol. The van der Waals surface area contributed by atoms with Crippen molar-refractivity contribution in [1.82, 2.24) is 0 Å². The topological polar surface area (TPSA) is 44.5 Å². The van der Waals surface area contributed by atoms with E-state index in [4.69, 9.17) is 15.2 Å². The van der Waals surface area contributed by atoms with Gasteiger partial charge in [-0.05, 0) is 55.0 Å². The summed E-state index contributed by atoms with van der Waals surface area (Å²) < 4.78 is 10.6. The molecule has 96 valence electrons. The van der Waals surface area contributed by atoms with Gasteiger partial charge < -0.3 is 15.2 Å². The molecule has 1 aromatic carbocycles. The van der Waals surface area contributed by atoms with E-state index < -0.39 is 0 Å². The Morgan fingerprint density at radius 1 is 1.24 bits per heavy atom. The molecule has 0 saturated heterocycles. The van der Waals surface area contributed by atoms with Crippen molar-refractivity contribution in [1.29, 1.82) is 0 Å². The summed E-state index contributed by atoms with van der Waals surface area (Å²) in [5.41, 5.74) is 8.41. The van der Waals surface area contributed by atoms with E-state index in [-0.39, 0.29) is 12.4 Å². The summed E-state index contributed by atoms with van der Waals surface area (Å²) in [6.45, 7) is 0.748. The van der Waals surface area contributed by atoms with Gasteiger partial charge in [0, 0.05) is 0 Å². The van der Waals surface area contributed by atoms with Crippen molar-refractivity contribution in [2.75, 3.05) is 20.8 Å². The Morgan fingerprint density at radius 3 is 2.47 bits per heavy atom. The van der Waals surface area contributed by atoms with Crippen LogP contribution in [0.3, 0.4) is 0 Å². The maximum absolute atomic E-state index is 5.64. The third-order valence-corrected chi connectivity index (χ3v) is 3.36. The number of ether oxygens (including phenoxy) is 2. The lowest BCUT2D eigenvalue weighted by Crippen LogP contribution is -2.05. The number of hydrogen-bond donors (Lipinski definition) is 1. The van der Waals surface area contributed by atoms with Crippen LogP contribution in [0, 0.1) is 0 Å². The molecule has 1 aliphatic carbocycles. The van der Waals surface area contributed by atoms with Crippen LogP contribution in [0.5, 0.6) is 11.5 Å². The van der Waals surface area contributed by atoms with Gasteiger partial charge in [0.15, 0.2) is 11.5 Å². The van der Waals surface area contributed by atoms with Crippen LogP contribution in [0.4, 0.5) is 0 Å². The fraction of sp³-hybridized carbons (Fsp3) is 0.538. The van der Waals surface area contributed by atoms with Crippen LogP contribution in [0.1, 0.15) is 29.9 Å². The minimum absolute atomic E-state index is 0. The molecule has 4 heteroatoms. The highest BCUT2D eigenvalue weighted by Gasteiger charge is 2.24. The lowest BCUT2D eigenvalue weighted by Gasteiger charge is -2.13. The molecular formula is C13H20ClNO2. The number of benzene rings is 1. The average Bonchev–Trinajstić information content (AvgIpc) is 2.70. The fourth-order valence-corrected chi connectivity index (χ4v) is 2.52. The Morgan fingerprint density at radius 2 is 1.88 bits per heavy atom. The third kappa shape index (κ3) is 2.67. The highest BCUT2D eigenvalue weighted by Crippen LogP contribution is 2.41. The number of aryl methyl sites for hydroxylation is 1. The molecule has 0 aromatic heterocycles. The van der Waals surface area contributed by atoms with Crippen LogP contribution in [0.2, 0.25) is 0 Å². The molecule has 0 spiro atoms. The predicted molar refractivity (Wildman–Crippen MR) is 71.5 cm³/mol. The summed E-state index contributed by atoms with van der Waals surface area (Å²) in [7, 11) is 3.35. The van der Waals surface area contributed by atoms with E-state index in [1.54, 1.807) is 14.2 Å². The Labute approximate surface area is 109 Å². The van der Waals surface area contributed by atoms with E-state index in [0.29, 0.717) is 5.92 Å². The molecule has 0 aliphatic heterocycles. The van der Waals surface area contributed by atoms with E-state index in [1.165, 1.54) is 17.5 Å². The second-order valence-electron chi connectivity index (χ2n) is 4.22. The van der Waals surface area contributed by atoms with Gasteiger partial charge in [-0.15, -0.1) is 12.4 Å². The van der Waals surface area contributed by atoms with Gasteiger partial charge in [-0.2, -0.15) is 0 Å². The van der Waals surface area contributed by atoms with Gasteiger partial charge in [0.05, 0.1) is 14.2 Å². The molecule has 0 bridgehead atoms. The number of rotatable bonds is 4. The molecule has 3 nitrogen and oxygen atoms in total. The van der Waals surface area contributed by atoms with Crippen molar-refractivity contribution in [3.63, 3.8) is 0 Å². The average molecular weight is 258 g/mol. The quantitative estimate of drug-likeness (QED) is 0.901. The summed E-state index contributed by atoms with van der Waals surface area (Å²) in [5, 5.41) is 0. The second-order valence-corrected chi connectivity index (χ2v) is 4.22. The van der Waals surface area contributed by atoms with E-state index in [0.717, 1.165) is 30.9 Å². The van der Waals surface area contributed by atoms with Crippen molar-refractivity contribution in [3.05, 3.63) is 23.3 Å². The van der Waals surface area contributed by atoms with Gasteiger partial charge in [-0.1, -0.05) is 0 Å². The molecule has 1 aromatic rings. The molecule has 0 heterocycles. The van der Waals surface area contributed by atoms with Crippen LogP contribution >= 0.6 is 12.4 Å². The van der Waals surface area contributed by atoms with Crippen LogP contribution in [0.25, 0.3) is 0 Å². The summed E-state index contributed by atoms with van der Waals surface area (Å²) in [6.07, 6.45) is 3.38. The van der Waals surface area contributed by atoms with Gasteiger partial charge in [0.1, 0.15) is 0 Å². The highest BCUT2D eigenvalue weighted by atomic mass is 35.5. The van der Waals surface area contributed by atoms with Crippen LogP contribution in [-0.2, 0) is 6.42 Å². The van der Waals surface area contributed by atoms with Crippen LogP contribution in [-0.4, -0.2) is 20.8 Å². The number of hydrogen-bond acceptors (Lipinski definition) is 3. The van der Waals surface area contributed by atoms with Crippen LogP contribution < -0.4 is 15.2 Å². The van der Waals surface area contributed by atoms with E-state index in [2.05, 4.69) is 12.1 Å². The SMILES string of the molecule is COc1cc2c(cc1OC)C(CCN)CC2.Cl. The van der Waals surface area contributed by atoms with Crippen molar-refractivity contribution >= 4 is 12.4 Å². The van der Waals surface area contributed by atoms with Gasteiger partial charge in [0.25, 0.3) is 0 Å². The Balaban J connectivity index is 0.00000144. The number of fused-ring (bicyclic) bond motifs is 1. The third-order valence-electron chi connectivity index (χ3n) is 3.36. The summed E-state index contributed by atoms with van der Waals surface area (Å²) in [4.78, 5) is 0. The molecule has 1 atom stereocenters. The van der Waals surface area contributed by atoms with E-state index >= 15 is 0 Å². The predicted octanol–water partition coefficient (Wildman–Crippen LogP) is 2.50. The van der Waals surface area contributed by atoms with Crippen molar-refractivity contribution in [2.24, 2.45) is 5.73 Å². The lowest BCUT2D eigenvalue weighted by molar-refractivity contribution is 0.354. The maximum atomic E-state index is 5.64. The summed E-state index contributed by atoms with van der Waals surface area (Å²) in [5.74, 6) is 2.25. The van der Waals surface area contributed by atoms with Crippen molar-refractivity contribution in [3.8, 4) is 11.5 Å². The first-order valence-corrected chi connectivity index (χ1v) is 5.75. The standard InChI is InChI=1S/C13H19NO2.ClH/c1-15-12-7-10-4-3-9(5-6-14)11(10)8-13(12)16-2;/h7-9H,3-6,14H2,1-2H3;1H. The second kappa shape index (κ2) is 6.12. The molecule has 0 saturated carbocycles.